The first-order valence-electron chi connectivity index (χ1n) is 9.57. The van der Waals surface area contributed by atoms with Crippen LogP contribution in [0.5, 0.6) is 0 Å². The van der Waals surface area contributed by atoms with Crippen LogP contribution < -0.4 is 5.32 Å². The molecule has 1 aliphatic heterocycles. The fraction of sp³-hybridized carbons (Fsp3) is 0.789. The third kappa shape index (κ3) is 5.57. The molecule has 1 unspecified atom stereocenters. The molecule has 7 heteroatoms. The van der Waals surface area contributed by atoms with Crippen molar-refractivity contribution in [1.82, 2.24) is 15.2 Å². The molecule has 1 aromatic rings. The van der Waals surface area contributed by atoms with E-state index in [0.29, 0.717) is 17.2 Å². The van der Waals surface area contributed by atoms with Gasteiger partial charge in [-0.05, 0) is 59.3 Å². The van der Waals surface area contributed by atoms with Crippen molar-refractivity contribution in [2.24, 2.45) is 5.92 Å². The third-order valence-corrected chi connectivity index (χ3v) is 6.37. The molecule has 3 rings (SSSR count). The number of piperidine rings is 1. The molecule has 5 nitrogen and oxygen atoms in total. The molecule has 0 bridgehead atoms. The number of likely N-dealkylation sites (tertiary alicyclic amines) is 1. The molecule has 2 heterocycles. The van der Waals surface area contributed by atoms with Gasteiger partial charge in [0.15, 0.2) is 0 Å². The van der Waals surface area contributed by atoms with Crippen LogP contribution in [0.4, 0.5) is 4.79 Å². The number of halogens is 1. The standard InChI is InChI=1S/C19H30ClN3O2S/c1-12-21-17(20)16(26-12)11-15(13-5-6-13)22-14-7-9-23(10-8-14)18(24)25-19(2,3)4/h13-15,22H,5-11H2,1-4H3. The summed E-state index contributed by atoms with van der Waals surface area (Å²) in [5.74, 6) is 0.748. The van der Waals surface area contributed by atoms with E-state index in [1.807, 2.05) is 32.6 Å². The lowest BCUT2D eigenvalue weighted by molar-refractivity contribution is 0.0195. The zero-order chi connectivity index (χ0) is 18.9. The fourth-order valence-electron chi connectivity index (χ4n) is 3.49. The smallest absolute Gasteiger partial charge is 0.410 e. The number of aryl methyl sites for hydroxylation is 1. The Morgan fingerprint density at radius 2 is 2.00 bits per heavy atom. The number of carbonyl (C=O) groups excluding carboxylic acids is 1. The van der Waals surface area contributed by atoms with E-state index < -0.39 is 5.60 Å². The van der Waals surface area contributed by atoms with Crippen molar-refractivity contribution in [1.29, 1.82) is 0 Å². The molecule has 0 radical (unpaired) electrons. The van der Waals surface area contributed by atoms with E-state index in [9.17, 15) is 4.79 Å². The number of carbonyl (C=O) groups is 1. The summed E-state index contributed by atoms with van der Waals surface area (Å²) in [4.78, 5) is 19.6. The number of nitrogens with zero attached hydrogens (tertiary/aromatic N) is 2. The van der Waals surface area contributed by atoms with Gasteiger partial charge in [0.1, 0.15) is 10.8 Å². The quantitative estimate of drug-likeness (QED) is 0.796. The Bertz CT molecular complexity index is 631. The van der Waals surface area contributed by atoms with Gasteiger partial charge in [0, 0.05) is 36.5 Å². The Morgan fingerprint density at radius 3 is 2.50 bits per heavy atom. The zero-order valence-electron chi connectivity index (χ0n) is 16.2. The van der Waals surface area contributed by atoms with Gasteiger partial charge >= 0.3 is 6.09 Å². The first-order valence-corrected chi connectivity index (χ1v) is 10.8. The van der Waals surface area contributed by atoms with Crippen LogP contribution >= 0.6 is 22.9 Å². The monoisotopic (exact) mass is 399 g/mol. The van der Waals surface area contributed by atoms with Crippen LogP contribution in [0.15, 0.2) is 0 Å². The molecule has 2 fully saturated rings. The molecule has 1 saturated heterocycles. The predicted molar refractivity (Wildman–Crippen MR) is 106 cm³/mol. The highest BCUT2D eigenvalue weighted by Crippen LogP contribution is 2.36. The van der Waals surface area contributed by atoms with Crippen molar-refractivity contribution >= 4 is 29.0 Å². The van der Waals surface area contributed by atoms with Gasteiger partial charge in [-0.25, -0.2) is 9.78 Å². The summed E-state index contributed by atoms with van der Waals surface area (Å²) < 4.78 is 5.48. The molecule has 1 saturated carbocycles. The SMILES string of the molecule is Cc1nc(Cl)c(CC(NC2CCN(C(=O)OC(C)(C)C)CC2)C2CC2)s1. The van der Waals surface area contributed by atoms with E-state index in [4.69, 9.17) is 16.3 Å². The van der Waals surface area contributed by atoms with Crippen molar-refractivity contribution in [3.8, 4) is 0 Å². The van der Waals surface area contributed by atoms with Gasteiger partial charge in [-0.2, -0.15) is 0 Å². The fourth-order valence-corrected chi connectivity index (χ4v) is 4.74. The lowest BCUT2D eigenvalue weighted by atomic mass is 10.0. The second kappa shape index (κ2) is 8.03. The van der Waals surface area contributed by atoms with Crippen molar-refractivity contribution in [3.05, 3.63) is 15.0 Å². The molecule has 1 N–H and O–H groups in total. The minimum atomic E-state index is -0.435. The van der Waals surface area contributed by atoms with Crippen LogP contribution in [-0.2, 0) is 11.2 Å². The van der Waals surface area contributed by atoms with Crippen LogP contribution in [0.2, 0.25) is 5.15 Å². The molecule has 1 amide bonds. The van der Waals surface area contributed by atoms with Gasteiger partial charge in [-0.3, -0.25) is 0 Å². The minimum absolute atomic E-state index is 0.193. The lowest BCUT2D eigenvalue weighted by Crippen LogP contribution is -2.49. The number of aromatic nitrogens is 1. The first kappa shape index (κ1) is 19.9. The minimum Gasteiger partial charge on any atom is -0.444 e. The number of hydrogen-bond acceptors (Lipinski definition) is 5. The number of hydrogen-bond donors (Lipinski definition) is 1. The van der Waals surface area contributed by atoms with E-state index in [0.717, 1.165) is 43.3 Å². The highest BCUT2D eigenvalue weighted by atomic mass is 35.5. The summed E-state index contributed by atoms with van der Waals surface area (Å²) in [6, 6.07) is 0.914. The van der Waals surface area contributed by atoms with E-state index in [-0.39, 0.29) is 6.09 Å². The lowest BCUT2D eigenvalue weighted by Gasteiger charge is -2.35. The van der Waals surface area contributed by atoms with Gasteiger partial charge in [0.25, 0.3) is 0 Å². The number of amides is 1. The molecule has 0 aromatic carbocycles. The number of thiazole rings is 1. The second-order valence-electron chi connectivity index (χ2n) is 8.50. The molecule has 146 valence electrons. The Balaban J connectivity index is 1.50. The van der Waals surface area contributed by atoms with Gasteiger partial charge < -0.3 is 15.0 Å². The number of nitrogens with one attached hydrogen (secondary N) is 1. The van der Waals surface area contributed by atoms with Gasteiger partial charge in [-0.15, -0.1) is 11.3 Å². The Hall–Kier alpha value is -0.850. The van der Waals surface area contributed by atoms with E-state index in [1.165, 1.54) is 17.7 Å². The summed E-state index contributed by atoms with van der Waals surface area (Å²) in [7, 11) is 0. The third-order valence-electron chi connectivity index (χ3n) is 4.95. The molecule has 1 atom stereocenters. The Morgan fingerprint density at radius 1 is 1.35 bits per heavy atom. The maximum Gasteiger partial charge on any atom is 0.410 e. The van der Waals surface area contributed by atoms with Crippen LogP contribution in [0.1, 0.15) is 56.3 Å². The largest absolute Gasteiger partial charge is 0.444 e. The van der Waals surface area contributed by atoms with Crippen molar-refractivity contribution in [3.63, 3.8) is 0 Å². The van der Waals surface area contributed by atoms with Gasteiger partial charge in [0.05, 0.1) is 5.01 Å². The van der Waals surface area contributed by atoms with Crippen molar-refractivity contribution in [2.75, 3.05) is 13.1 Å². The molecule has 2 aliphatic rings. The highest BCUT2D eigenvalue weighted by molar-refractivity contribution is 7.12. The number of ether oxygens (including phenoxy) is 1. The second-order valence-corrected chi connectivity index (χ2v) is 10.1. The first-order chi connectivity index (χ1) is 12.2. The average molecular weight is 400 g/mol. The molecule has 26 heavy (non-hydrogen) atoms. The molecule has 1 aliphatic carbocycles. The van der Waals surface area contributed by atoms with Crippen LogP contribution in [0.25, 0.3) is 0 Å². The Labute approximate surface area is 165 Å². The molecular weight excluding hydrogens is 370 g/mol. The summed E-state index contributed by atoms with van der Waals surface area (Å²) in [5, 5.41) is 5.55. The van der Waals surface area contributed by atoms with E-state index in [2.05, 4.69) is 10.3 Å². The summed E-state index contributed by atoms with van der Waals surface area (Å²) in [6.45, 7) is 9.24. The predicted octanol–water partition coefficient (Wildman–Crippen LogP) is 4.42. The van der Waals surface area contributed by atoms with Crippen molar-refractivity contribution in [2.45, 2.75) is 77.5 Å². The molecule has 0 spiro atoms. The van der Waals surface area contributed by atoms with E-state index in [1.54, 1.807) is 11.3 Å². The number of rotatable bonds is 5. The molecular formula is C19H30ClN3O2S. The van der Waals surface area contributed by atoms with Crippen LogP contribution in [0, 0.1) is 12.8 Å². The van der Waals surface area contributed by atoms with Crippen LogP contribution in [-0.4, -0.2) is 46.8 Å². The van der Waals surface area contributed by atoms with Gasteiger partial charge in [-0.1, -0.05) is 11.6 Å². The summed E-state index contributed by atoms with van der Waals surface area (Å²) in [6.07, 6.45) is 5.30. The summed E-state index contributed by atoms with van der Waals surface area (Å²) in [5.41, 5.74) is -0.435. The average Bonchev–Trinajstić information content (AvgIpc) is 3.32. The Kier molecular flexibility index (Phi) is 6.14. The highest BCUT2D eigenvalue weighted by Gasteiger charge is 2.35. The zero-order valence-corrected chi connectivity index (χ0v) is 17.8. The topological polar surface area (TPSA) is 54.5 Å². The van der Waals surface area contributed by atoms with Gasteiger partial charge in [0.2, 0.25) is 0 Å². The molecule has 1 aromatic heterocycles. The van der Waals surface area contributed by atoms with Crippen molar-refractivity contribution < 1.29 is 9.53 Å². The normalized spacial score (nSPS) is 20.3. The summed E-state index contributed by atoms with van der Waals surface area (Å²) >= 11 is 7.98. The van der Waals surface area contributed by atoms with Crippen LogP contribution in [0.3, 0.4) is 0 Å². The maximum absolute atomic E-state index is 12.2. The maximum atomic E-state index is 12.2. The van der Waals surface area contributed by atoms with E-state index >= 15 is 0 Å².